The van der Waals surface area contributed by atoms with Gasteiger partial charge in [-0.15, -0.1) is 0 Å². The third kappa shape index (κ3) is 6.03. The minimum absolute atomic E-state index is 0.195. The zero-order valence-electron chi connectivity index (χ0n) is 21.0. The fourth-order valence-corrected chi connectivity index (χ4v) is 5.71. The van der Waals surface area contributed by atoms with E-state index in [1.165, 1.54) is 11.8 Å². The van der Waals surface area contributed by atoms with E-state index >= 15 is 0 Å². The van der Waals surface area contributed by atoms with Gasteiger partial charge in [0, 0.05) is 36.1 Å². The number of halogens is 1. The van der Waals surface area contributed by atoms with Crippen molar-refractivity contribution in [1.29, 1.82) is 0 Å². The first-order chi connectivity index (χ1) is 18.3. The van der Waals surface area contributed by atoms with Crippen molar-refractivity contribution >= 4 is 59.9 Å². The zero-order valence-corrected chi connectivity index (χ0v) is 23.4. The lowest BCUT2D eigenvalue weighted by molar-refractivity contribution is 0.413. The van der Waals surface area contributed by atoms with Gasteiger partial charge in [-0.2, -0.15) is 4.98 Å². The molecular weight excluding hydrogens is 570 g/mol. The predicted octanol–water partition coefficient (Wildman–Crippen LogP) is 4.69. The van der Waals surface area contributed by atoms with Crippen LogP contribution in [0.3, 0.4) is 0 Å². The maximum Gasteiger partial charge on any atom is 0.229 e. The highest BCUT2D eigenvalue weighted by Gasteiger charge is 2.19. The second-order valence-corrected chi connectivity index (χ2v) is 12.2. The van der Waals surface area contributed by atoms with E-state index in [0.29, 0.717) is 50.2 Å². The number of benzene rings is 2. The number of rotatable bonds is 8. The van der Waals surface area contributed by atoms with E-state index in [0.717, 1.165) is 31.6 Å². The number of hydrogen-bond donors (Lipinski definition) is 3. The molecule has 12 heteroatoms. The highest BCUT2D eigenvalue weighted by atomic mass is 79.9. The highest BCUT2D eigenvalue weighted by Crippen LogP contribution is 2.35. The topological polar surface area (TPSA) is 131 Å². The fraction of sp³-hybridized carbons (Fsp3) is 0.308. The quantitative estimate of drug-likeness (QED) is 0.263. The summed E-state index contributed by atoms with van der Waals surface area (Å²) in [5.74, 6) is 1.84. The summed E-state index contributed by atoms with van der Waals surface area (Å²) in [6.07, 6.45) is 8.14. The highest BCUT2D eigenvalue weighted by molar-refractivity contribution is 9.10. The van der Waals surface area contributed by atoms with Crippen molar-refractivity contribution in [3.05, 3.63) is 64.5 Å². The van der Waals surface area contributed by atoms with Crippen LogP contribution >= 0.6 is 15.9 Å². The minimum atomic E-state index is -3.34. The molecule has 1 saturated heterocycles. The summed E-state index contributed by atoms with van der Waals surface area (Å²) in [5.41, 5.74) is 4.22. The van der Waals surface area contributed by atoms with E-state index in [4.69, 9.17) is 4.74 Å². The van der Waals surface area contributed by atoms with E-state index in [2.05, 4.69) is 63.9 Å². The summed E-state index contributed by atoms with van der Waals surface area (Å²) in [5, 5.41) is 9.91. The maximum absolute atomic E-state index is 12.2. The monoisotopic (exact) mass is 597 g/mol. The van der Waals surface area contributed by atoms with Gasteiger partial charge in [-0.1, -0.05) is 6.07 Å². The van der Waals surface area contributed by atoms with E-state index in [9.17, 15) is 8.42 Å². The van der Waals surface area contributed by atoms with Gasteiger partial charge in [0.1, 0.15) is 11.6 Å². The Morgan fingerprint density at radius 3 is 2.58 bits per heavy atom. The van der Waals surface area contributed by atoms with Crippen LogP contribution in [0.4, 0.5) is 23.1 Å². The molecule has 1 aliphatic heterocycles. The molecule has 4 aromatic rings. The summed E-state index contributed by atoms with van der Waals surface area (Å²) in [4.78, 5) is 17.7. The number of sulfone groups is 1. The second-order valence-electron chi connectivity index (χ2n) is 9.21. The Bertz CT molecular complexity index is 1580. The van der Waals surface area contributed by atoms with Gasteiger partial charge in [0.2, 0.25) is 5.95 Å². The molecule has 2 aromatic carbocycles. The summed E-state index contributed by atoms with van der Waals surface area (Å²) >= 11 is 3.50. The first-order valence-electron chi connectivity index (χ1n) is 12.2. The molecule has 0 radical (unpaired) electrons. The molecule has 38 heavy (non-hydrogen) atoms. The molecule has 0 amide bonds. The summed E-state index contributed by atoms with van der Waals surface area (Å²) in [6, 6.07) is 9.75. The smallest absolute Gasteiger partial charge is 0.229 e. The van der Waals surface area contributed by atoms with E-state index < -0.39 is 9.84 Å². The van der Waals surface area contributed by atoms with Gasteiger partial charge in [0.05, 0.1) is 34.1 Å². The molecule has 10 nitrogen and oxygen atoms in total. The number of anilines is 4. The summed E-state index contributed by atoms with van der Waals surface area (Å²) in [7, 11) is -1.70. The number of aromatic nitrogens is 4. The van der Waals surface area contributed by atoms with Crippen LogP contribution in [0.25, 0.3) is 11.0 Å². The Morgan fingerprint density at radius 1 is 1.05 bits per heavy atom. The molecule has 0 atom stereocenters. The molecule has 3 heterocycles. The lowest BCUT2D eigenvalue weighted by Gasteiger charge is -2.24. The van der Waals surface area contributed by atoms with Gasteiger partial charge in [-0.05, 0) is 77.6 Å². The normalized spacial score (nSPS) is 14.4. The van der Waals surface area contributed by atoms with Crippen molar-refractivity contribution in [2.24, 2.45) is 0 Å². The van der Waals surface area contributed by atoms with Crippen molar-refractivity contribution in [1.82, 2.24) is 25.3 Å². The summed E-state index contributed by atoms with van der Waals surface area (Å²) in [6.45, 7) is 2.04. The predicted molar refractivity (Wildman–Crippen MR) is 152 cm³/mol. The van der Waals surface area contributed by atoms with Gasteiger partial charge in [-0.3, -0.25) is 9.97 Å². The Kier molecular flexibility index (Phi) is 7.73. The Hall–Kier alpha value is -3.35. The second kappa shape index (κ2) is 11.2. The molecule has 0 spiro atoms. The average Bonchev–Trinajstić information content (AvgIpc) is 2.92. The van der Waals surface area contributed by atoms with Crippen molar-refractivity contribution < 1.29 is 13.2 Å². The van der Waals surface area contributed by atoms with Crippen LogP contribution in [-0.2, 0) is 15.6 Å². The van der Waals surface area contributed by atoms with Crippen LogP contribution in [0, 0.1) is 0 Å². The van der Waals surface area contributed by atoms with Crippen LogP contribution < -0.4 is 20.7 Å². The SMILES string of the molecule is COc1cc(C2CCNCC2)ccc1Nc1ncc(Br)c(Nc2ccc3nccnc3c2CS(C)(=O)=O)n1. The zero-order chi connectivity index (χ0) is 26.7. The molecule has 5 rings (SSSR count). The van der Waals surface area contributed by atoms with E-state index in [-0.39, 0.29) is 5.75 Å². The Morgan fingerprint density at radius 2 is 1.82 bits per heavy atom. The molecule has 0 unspecified atom stereocenters. The van der Waals surface area contributed by atoms with Gasteiger partial charge in [0.15, 0.2) is 9.84 Å². The van der Waals surface area contributed by atoms with Crippen LogP contribution in [0.15, 0.2) is 53.4 Å². The maximum atomic E-state index is 12.2. The average molecular weight is 599 g/mol. The molecule has 0 bridgehead atoms. The van der Waals surface area contributed by atoms with Crippen molar-refractivity contribution in [2.75, 3.05) is 37.1 Å². The van der Waals surface area contributed by atoms with Gasteiger partial charge in [0.25, 0.3) is 0 Å². The van der Waals surface area contributed by atoms with Gasteiger partial charge < -0.3 is 20.7 Å². The van der Waals surface area contributed by atoms with Gasteiger partial charge in [-0.25, -0.2) is 13.4 Å². The Labute approximate surface area is 229 Å². The third-order valence-corrected chi connectivity index (χ3v) is 7.83. The van der Waals surface area contributed by atoms with Crippen molar-refractivity contribution in [2.45, 2.75) is 24.5 Å². The van der Waals surface area contributed by atoms with Crippen LogP contribution in [0.5, 0.6) is 5.75 Å². The molecule has 3 N–H and O–H groups in total. The third-order valence-electron chi connectivity index (χ3n) is 6.43. The van der Waals surface area contributed by atoms with Crippen LogP contribution in [0.1, 0.15) is 29.9 Å². The lowest BCUT2D eigenvalue weighted by atomic mass is 9.90. The lowest BCUT2D eigenvalue weighted by Crippen LogP contribution is -2.26. The molecule has 198 valence electrons. The number of fused-ring (bicyclic) bond motifs is 1. The Balaban J connectivity index is 1.44. The summed E-state index contributed by atoms with van der Waals surface area (Å²) < 4.78 is 30.7. The first-order valence-corrected chi connectivity index (χ1v) is 15.0. The van der Waals surface area contributed by atoms with Crippen molar-refractivity contribution in [3.63, 3.8) is 0 Å². The number of nitrogens with one attached hydrogen (secondary N) is 3. The molecule has 0 saturated carbocycles. The number of hydrogen-bond acceptors (Lipinski definition) is 10. The number of piperidine rings is 1. The molecule has 1 fully saturated rings. The molecule has 2 aromatic heterocycles. The van der Waals surface area contributed by atoms with E-state index in [1.54, 1.807) is 37.8 Å². The standard InChI is InChI=1S/C26H28BrN7O3S/c1-37-23-13-17(16-7-9-28-10-8-16)3-4-21(23)33-26-31-14-19(27)25(34-26)32-20-5-6-22-24(30-12-11-29-22)18(20)15-38(2,35)36/h3-6,11-14,16,28H,7-10,15H2,1-2H3,(H2,31,32,33,34). The molecule has 0 aliphatic carbocycles. The van der Waals surface area contributed by atoms with Crippen molar-refractivity contribution in [3.8, 4) is 5.75 Å². The number of nitrogens with zero attached hydrogens (tertiary/aromatic N) is 4. The van der Waals surface area contributed by atoms with Gasteiger partial charge >= 0.3 is 0 Å². The minimum Gasteiger partial charge on any atom is -0.495 e. The molecule has 1 aliphatic rings. The number of methoxy groups -OCH3 is 1. The van der Waals surface area contributed by atoms with Crippen LogP contribution in [-0.4, -0.2) is 54.8 Å². The molecular formula is C26H28BrN7O3S. The number of ether oxygens (including phenoxy) is 1. The van der Waals surface area contributed by atoms with Crippen LogP contribution in [0.2, 0.25) is 0 Å². The first kappa shape index (κ1) is 26.3. The fourth-order valence-electron chi connectivity index (χ4n) is 4.60. The largest absolute Gasteiger partial charge is 0.495 e. The van der Waals surface area contributed by atoms with E-state index in [1.807, 2.05) is 6.07 Å².